The van der Waals surface area contributed by atoms with Gasteiger partial charge in [0, 0.05) is 0 Å². The standard InChI is InChI=1S/C12H24O/c1-11(2,3)9-7-10-6-5-8-12(10,4)13/h10,13H,5-9H2,1-4H3. The lowest BCUT2D eigenvalue weighted by atomic mass is 9.82. The Labute approximate surface area is 82.5 Å². The molecule has 0 aromatic heterocycles. The molecule has 1 rings (SSSR count). The first-order chi connectivity index (χ1) is 5.81. The van der Waals surface area contributed by atoms with Crippen LogP contribution in [0.5, 0.6) is 0 Å². The van der Waals surface area contributed by atoms with Gasteiger partial charge in [-0.1, -0.05) is 27.2 Å². The SMILES string of the molecule is CC(C)(C)CCC1CCCC1(C)O. The van der Waals surface area contributed by atoms with E-state index in [0.29, 0.717) is 11.3 Å². The second kappa shape index (κ2) is 3.61. The van der Waals surface area contributed by atoms with Crippen LogP contribution in [-0.2, 0) is 0 Å². The van der Waals surface area contributed by atoms with E-state index in [0.717, 1.165) is 6.42 Å². The Morgan fingerprint density at radius 3 is 2.38 bits per heavy atom. The van der Waals surface area contributed by atoms with Crippen molar-refractivity contribution < 1.29 is 5.11 Å². The molecule has 1 aliphatic carbocycles. The van der Waals surface area contributed by atoms with Crippen LogP contribution in [0.2, 0.25) is 0 Å². The molecule has 1 heteroatoms. The predicted octanol–water partition coefficient (Wildman–Crippen LogP) is 3.36. The summed E-state index contributed by atoms with van der Waals surface area (Å²) in [6, 6.07) is 0. The highest BCUT2D eigenvalue weighted by Gasteiger charge is 2.36. The number of rotatable bonds is 2. The maximum absolute atomic E-state index is 10.1. The monoisotopic (exact) mass is 184 g/mol. The molecule has 1 fully saturated rings. The van der Waals surface area contributed by atoms with Gasteiger partial charge in [0.25, 0.3) is 0 Å². The van der Waals surface area contributed by atoms with Gasteiger partial charge in [-0.3, -0.25) is 0 Å². The molecule has 1 aliphatic rings. The van der Waals surface area contributed by atoms with E-state index in [-0.39, 0.29) is 5.60 Å². The highest BCUT2D eigenvalue weighted by atomic mass is 16.3. The molecule has 0 radical (unpaired) electrons. The van der Waals surface area contributed by atoms with Gasteiger partial charge in [0.05, 0.1) is 5.60 Å². The molecule has 0 bridgehead atoms. The zero-order valence-corrected chi connectivity index (χ0v) is 9.56. The first-order valence-electron chi connectivity index (χ1n) is 5.54. The molecule has 1 nitrogen and oxygen atoms in total. The molecule has 13 heavy (non-hydrogen) atoms. The number of hydrogen-bond acceptors (Lipinski definition) is 1. The zero-order chi connectivity index (χ0) is 10.1. The fourth-order valence-corrected chi connectivity index (χ4v) is 2.28. The molecule has 78 valence electrons. The van der Waals surface area contributed by atoms with Gasteiger partial charge in [-0.25, -0.2) is 0 Å². The third kappa shape index (κ3) is 3.30. The Hall–Kier alpha value is -0.0400. The van der Waals surface area contributed by atoms with Crippen molar-refractivity contribution in [3.63, 3.8) is 0 Å². The normalized spacial score (nSPS) is 35.3. The van der Waals surface area contributed by atoms with Crippen molar-refractivity contribution >= 4 is 0 Å². The summed E-state index contributed by atoms with van der Waals surface area (Å²) in [7, 11) is 0. The summed E-state index contributed by atoms with van der Waals surface area (Å²) in [6.45, 7) is 8.83. The quantitative estimate of drug-likeness (QED) is 0.697. The van der Waals surface area contributed by atoms with Gasteiger partial charge in [0.15, 0.2) is 0 Å². The Kier molecular flexibility index (Phi) is 3.06. The summed E-state index contributed by atoms with van der Waals surface area (Å²) >= 11 is 0. The maximum Gasteiger partial charge on any atom is 0.0647 e. The largest absolute Gasteiger partial charge is 0.390 e. The second-order valence-electron chi connectivity index (χ2n) is 6.05. The van der Waals surface area contributed by atoms with Crippen LogP contribution >= 0.6 is 0 Å². The second-order valence-corrected chi connectivity index (χ2v) is 6.05. The highest BCUT2D eigenvalue weighted by Crippen LogP contribution is 2.40. The summed E-state index contributed by atoms with van der Waals surface area (Å²) in [5.74, 6) is 0.548. The van der Waals surface area contributed by atoms with Gasteiger partial charge in [-0.2, -0.15) is 0 Å². The first-order valence-corrected chi connectivity index (χ1v) is 5.54. The average molecular weight is 184 g/mol. The third-order valence-corrected chi connectivity index (χ3v) is 3.36. The molecule has 0 saturated heterocycles. The molecule has 0 amide bonds. The van der Waals surface area contributed by atoms with Crippen LogP contribution in [0.4, 0.5) is 0 Å². The molecule has 0 aliphatic heterocycles. The van der Waals surface area contributed by atoms with Crippen LogP contribution in [-0.4, -0.2) is 10.7 Å². The van der Waals surface area contributed by atoms with E-state index in [4.69, 9.17) is 0 Å². The molecule has 2 unspecified atom stereocenters. The van der Waals surface area contributed by atoms with Crippen molar-refractivity contribution in [2.45, 2.75) is 65.4 Å². The van der Waals surface area contributed by atoms with Crippen LogP contribution in [0.1, 0.15) is 59.8 Å². The molecule has 0 aromatic rings. The lowest BCUT2D eigenvalue weighted by Gasteiger charge is -2.28. The minimum Gasteiger partial charge on any atom is -0.390 e. The minimum absolute atomic E-state index is 0.370. The molecule has 2 atom stereocenters. The lowest BCUT2D eigenvalue weighted by Crippen LogP contribution is -2.29. The fourth-order valence-electron chi connectivity index (χ4n) is 2.28. The maximum atomic E-state index is 10.1. The fraction of sp³-hybridized carbons (Fsp3) is 1.00. The van der Waals surface area contributed by atoms with E-state index in [1.807, 2.05) is 6.92 Å². The third-order valence-electron chi connectivity index (χ3n) is 3.36. The topological polar surface area (TPSA) is 20.2 Å². The summed E-state index contributed by atoms with van der Waals surface area (Å²) in [5, 5.41) is 10.1. The van der Waals surface area contributed by atoms with Gasteiger partial charge >= 0.3 is 0 Å². The van der Waals surface area contributed by atoms with E-state index in [2.05, 4.69) is 20.8 Å². The molecule has 0 heterocycles. The first kappa shape index (κ1) is 11.0. The molecular weight excluding hydrogens is 160 g/mol. The van der Waals surface area contributed by atoms with Gasteiger partial charge in [-0.15, -0.1) is 0 Å². The van der Waals surface area contributed by atoms with Crippen molar-refractivity contribution in [1.29, 1.82) is 0 Å². The number of hydrogen-bond donors (Lipinski definition) is 1. The van der Waals surface area contributed by atoms with Crippen LogP contribution in [0.25, 0.3) is 0 Å². The predicted molar refractivity (Wildman–Crippen MR) is 56.7 cm³/mol. The smallest absolute Gasteiger partial charge is 0.0647 e. The average Bonchev–Trinajstić information content (AvgIpc) is 2.23. The Morgan fingerprint density at radius 2 is 2.00 bits per heavy atom. The van der Waals surface area contributed by atoms with Crippen molar-refractivity contribution in [2.75, 3.05) is 0 Å². The van der Waals surface area contributed by atoms with Crippen molar-refractivity contribution in [3.8, 4) is 0 Å². The van der Waals surface area contributed by atoms with E-state index in [9.17, 15) is 5.11 Å². The van der Waals surface area contributed by atoms with Crippen LogP contribution in [0.15, 0.2) is 0 Å². The van der Waals surface area contributed by atoms with E-state index >= 15 is 0 Å². The molecule has 0 aromatic carbocycles. The molecular formula is C12H24O. The Balaban J connectivity index is 2.37. The van der Waals surface area contributed by atoms with Crippen LogP contribution < -0.4 is 0 Å². The van der Waals surface area contributed by atoms with Crippen molar-refractivity contribution in [1.82, 2.24) is 0 Å². The van der Waals surface area contributed by atoms with Gasteiger partial charge in [0.2, 0.25) is 0 Å². The molecule has 0 spiro atoms. The molecule has 1 saturated carbocycles. The van der Waals surface area contributed by atoms with Gasteiger partial charge in [0.1, 0.15) is 0 Å². The Morgan fingerprint density at radius 1 is 1.38 bits per heavy atom. The van der Waals surface area contributed by atoms with Crippen LogP contribution in [0.3, 0.4) is 0 Å². The Bertz CT molecular complexity index is 164. The summed E-state index contributed by atoms with van der Waals surface area (Å²) < 4.78 is 0. The summed E-state index contributed by atoms with van der Waals surface area (Å²) in [4.78, 5) is 0. The lowest BCUT2D eigenvalue weighted by molar-refractivity contribution is 0.0140. The van der Waals surface area contributed by atoms with E-state index in [1.165, 1.54) is 25.7 Å². The van der Waals surface area contributed by atoms with Gasteiger partial charge in [-0.05, 0) is 43.9 Å². The zero-order valence-electron chi connectivity index (χ0n) is 9.56. The minimum atomic E-state index is -0.370. The highest BCUT2D eigenvalue weighted by molar-refractivity contribution is 4.88. The van der Waals surface area contributed by atoms with Crippen molar-refractivity contribution in [3.05, 3.63) is 0 Å². The number of aliphatic hydroxyl groups is 1. The van der Waals surface area contributed by atoms with Crippen molar-refractivity contribution in [2.24, 2.45) is 11.3 Å². The van der Waals surface area contributed by atoms with E-state index in [1.54, 1.807) is 0 Å². The summed E-state index contributed by atoms with van der Waals surface area (Å²) in [5.41, 5.74) is 0.0456. The summed E-state index contributed by atoms with van der Waals surface area (Å²) in [6.07, 6.45) is 5.86. The van der Waals surface area contributed by atoms with Crippen LogP contribution in [0, 0.1) is 11.3 Å². The molecule has 1 N–H and O–H groups in total. The van der Waals surface area contributed by atoms with E-state index < -0.39 is 0 Å². The van der Waals surface area contributed by atoms with Gasteiger partial charge < -0.3 is 5.11 Å².